The van der Waals surface area contributed by atoms with Crippen LogP contribution in [0.25, 0.3) is 0 Å². The van der Waals surface area contributed by atoms with Crippen molar-refractivity contribution in [1.82, 2.24) is 4.90 Å². The Morgan fingerprint density at radius 3 is 2.43 bits per heavy atom. The molecule has 0 heterocycles. The van der Waals surface area contributed by atoms with Crippen LogP contribution in [0, 0.1) is 0 Å². The van der Waals surface area contributed by atoms with E-state index in [0.717, 1.165) is 6.42 Å². The highest BCUT2D eigenvalue weighted by molar-refractivity contribution is 5.92. The van der Waals surface area contributed by atoms with Crippen molar-refractivity contribution in [2.75, 3.05) is 39.2 Å². The topological polar surface area (TPSA) is 67.9 Å². The lowest BCUT2D eigenvalue weighted by molar-refractivity contribution is 0.0505. The second-order valence-corrected chi connectivity index (χ2v) is 4.56. The molecule has 0 spiro atoms. The van der Waals surface area contributed by atoms with Gasteiger partial charge in [0.15, 0.2) is 0 Å². The van der Waals surface area contributed by atoms with E-state index in [1.807, 2.05) is 6.92 Å². The van der Waals surface area contributed by atoms with E-state index in [4.69, 9.17) is 9.47 Å². The molecule has 0 radical (unpaired) electrons. The molecule has 0 aliphatic rings. The Balaban J connectivity index is 2.54. The minimum Gasteiger partial charge on any atom is -0.462 e. The second-order valence-electron chi connectivity index (χ2n) is 4.56. The molecule has 1 N–H and O–H groups in total. The second kappa shape index (κ2) is 8.97. The number of amides is 2. The van der Waals surface area contributed by atoms with E-state index in [1.165, 1.54) is 4.90 Å². The van der Waals surface area contributed by atoms with E-state index in [2.05, 4.69) is 5.32 Å². The summed E-state index contributed by atoms with van der Waals surface area (Å²) in [5.41, 5.74) is 1.09. The molecule has 2 amide bonds. The van der Waals surface area contributed by atoms with Crippen molar-refractivity contribution in [3.05, 3.63) is 29.8 Å². The minimum absolute atomic E-state index is 0.228. The van der Waals surface area contributed by atoms with Crippen molar-refractivity contribution < 1.29 is 19.1 Å². The summed E-state index contributed by atoms with van der Waals surface area (Å²) in [6, 6.07) is 6.37. The lowest BCUT2D eigenvalue weighted by atomic mass is 10.2. The van der Waals surface area contributed by atoms with E-state index < -0.39 is 0 Å². The number of anilines is 1. The first kappa shape index (κ1) is 17.0. The van der Waals surface area contributed by atoms with Crippen molar-refractivity contribution in [3.63, 3.8) is 0 Å². The van der Waals surface area contributed by atoms with Crippen molar-refractivity contribution in [3.8, 4) is 0 Å². The lowest BCUT2D eigenvalue weighted by Gasteiger charge is -2.17. The van der Waals surface area contributed by atoms with E-state index in [1.54, 1.807) is 38.4 Å². The number of ether oxygens (including phenoxy) is 2. The summed E-state index contributed by atoms with van der Waals surface area (Å²) in [7, 11) is 3.27. The van der Waals surface area contributed by atoms with Gasteiger partial charge in [0.2, 0.25) is 0 Å². The third-order valence-electron chi connectivity index (χ3n) is 2.79. The quantitative estimate of drug-likeness (QED) is 0.784. The minimum atomic E-state index is -0.355. The standard InChI is InChI=1S/C15H22N2O4/c1-4-10-21-14(18)12-5-7-13(8-6-12)16-15(19)17(2)9-11-20-3/h5-8H,4,9-11H2,1-3H3,(H,16,19). The van der Waals surface area contributed by atoms with E-state index >= 15 is 0 Å². The molecule has 0 fully saturated rings. The molecular formula is C15H22N2O4. The number of urea groups is 1. The number of rotatable bonds is 7. The highest BCUT2D eigenvalue weighted by atomic mass is 16.5. The zero-order valence-corrected chi connectivity index (χ0v) is 12.7. The first-order valence-corrected chi connectivity index (χ1v) is 6.86. The molecule has 1 rings (SSSR count). The van der Waals surface area contributed by atoms with Gasteiger partial charge in [-0.2, -0.15) is 0 Å². The van der Waals surface area contributed by atoms with Crippen LogP contribution in [0.3, 0.4) is 0 Å². The molecule has 116 valence electrons. The Hall–Kier alpha value is -2.08. The average molecular weight is 294 g/mol. The number of likely N-dealkylation sites (N-methyl/N-ethyl adjacent to an activating group) is 1. The fourth-order valence-electron chi connectivity index (χ4n) is 1.52. The van der Waals surface area contributed by atoms with Crippen LogP contribution in [0.2, 0.25) is 0 Å². The maximum absolute atomic E-state index is 11.8. The van der Waals surface area contributed by atoms with Crippen LogP contribution in [-0.4, -0.2) is 50.8 Å². The summed E-state index contributed by atoms with van der Waals surface area (Å²) in [6.45, 7) is 3.32. The Kier molecular flexibility index (Phi) is 7.25. The fraction of sp³-hybridized carbons (Fsp3) is 0.467. The molecule has 6 heteroatoms. The SMILES string of the molecule is CCCOC(=O)c1ccc(NC(=O)N(C)CCOC)cc1. The molecule has 0 aliphatic heterocycles. The molecule has 1 aromatic carbocycles. The van der Waals surface area contributed by atoms with Gasteiger partial charge in [-0.25, -0.2) is 9.59 Å². The summed E-state index contributed by atoms with van der Waals surface area (Å²) in [6.07, 6.45) is 0.785. The predicted molar refractivity (Wildman–Crippen MR) is 80.5 cm³/mol. The number of carbonyl (C=O) groups excluding carboxylic acids is 2. The summed E-state index contributed by atoms with van der Waals surface area (Å²) in [4.78, 5) is 25.0. The lowest BCUT2D eigenvalue weighted by Crippen LogP contribution is -2.33. The summed E-state index contributed by atoms with van der Waals surface area (Å²) < 4.78 is 9.95. The monoisotopic (exact) mass is 294 g/mol. The maximum Gasteiger partial charge on any atom is 0.338 e. The molecule has 0 aromatic heterocycles. The molecule has 6 nitrogen and oxygen atoms in total. The predicted octanol–water partition coefficient (Wildman–Crippen LogP) is 2.36. The van der Waals surface area contributed by atoms with Gasteiger partial charge in [0, 0.05) is 26.4 Å². The van der Waals surface area contributed by atoms with E-state index in [9.17, 15) is 9.59 Å². The smallest absolute Gasteiger partial charge is 0.338 e. The van der Waals surface area contributed by atoms with Gasteiger partial charge in [-0.05, 0) is 30.7 Å². The first-order valence-electron chi connectivity index (χ1n) is 6.86. The van der Waals surface area contributed by atoms with Gasteiger partial charge in [0.05, 0.1) is 18.8 Å². The van der Waals surface area contributed by atoms with Crippen molar-refractivity contribution in [1.29, 1.82) is 0 Å². The molecule has 0 unspecified atom stereocenters. The van der Waals surface area contributed by atoms with Gasteiger partial charge in [-0.15, -0.1) is 0 Å². The number of benzene rings is 1. The average Bonchev–Trinajstić information content (AvgIpc) is 2.50. The number of nitrogens with one attached hydrogen (secondary N) is 1. The molecule has 0 saturated heterocycles. The largest absolute Gasteiger partial charge is 0.462 e. The normalized spacial score (nSPS) is 10.0. The fourth-order valence-corrected chi connectivity index (χ4v) is 1.52. The third-order valence-corrected chi connectivity index (χ3v) is 2.79. The molecule has 0 saturated carbocycles. The Morgan fingerprint density at radius 2 is 1.86 bits per heavy atom. The zero-order valence-electron chi connectivity index (χ0n) is 12.7. The summed E-state index contributed by atoms with van der Waals surface area (Å²) in [5.74, 6) is -0.355. The summed E-state index contributed by atoms with van der Waals surface area (Å²) >= 11 is 0. The molecule has 21 heavy (non-hydrogen) atoms. The Labute approximate surface area is 125 Å². The number of nitrogens with zero attached hydrogens (tertiary/aromatic N) is 1. The number of esters is 1. The van der Waals surface area contributed by atoms with Crippen LogP contribution < -0.4 is 5.32 Å². The third kappa shape index (κ3) is 5.83. The van der Waals surface area contributed by atoms with Crippen LogP contribution in [0.1, 0.15) is 23.7 Å². The molecule has 0 atom stereocenters. The van der Waals surface area contributed by atoms with Crippen molar-refractivity contribution in [2.24, 2.45) is 0 Å². The molecular weight excluding hydrogens is 272 g/mol. The molecule has 0 aliphatic carbocycles. The number of methoxy groups -OCH3 is 1. The maximum atomic E-state index is 11.8. The number of hydrogen-bond donors (Lipinski definition) is 1. The van der Waals surface area contributed by atoms with Crippen LogP contribution in [0.15, 0.2) is 24.3 Å². The molecule has 1 aromatic rings. The number of hydrogen-bond acceptors (Lipinski definition) is 4. The van der Waals surface area contributed by atoms with Crippen LogP contribution in [0.4, 0.5) is 10.5 Å². The highest BCUT2D eigenvalue weighted by Crippen LogP contribution is 2.11. The first-order chi connectivity index (χ1) is 10.1. The zero-order chi connectivity index (χ0) is 15.7. The van der Waals surface area contributed by atoms with Gasteiger partial charge >= 0.3 is 12.0 Å². The van der Waals surface area contributed by atoms with E-state index in [-0.39, 0.29) is 12.0 Å². The summed E-state index contributed by atoms with van der Waals surface area (Å²) in [5, 5.41) is 2.74. The Morgan fingerprint density at radius 1 is 1.19 bits per heavy atom. The molecule has 0 bridgehead atoms. The van der Waals surface area contributed by atoms with E-state index in [0.29, 0.717) is 31.0 Å². The van der Waals surface area contributed by atoms with Gasteiger partial charge in [0.1, 0.15) is 0 Å². The van der Waals surface area contributed by atoms with Crippen LogP contribution in [0.5, 0.6) is 0 Å². The van der Waals surface area contributed by atoms with Gasteiger partial charge < -0.3 is 19.7 Å². The van der Waals surface area contributed by atoms with Crippen molar-refractivity contribution >= 4 is 17.7 Å². The highest BCUT2D eigenvalue weighted by Gasteiger charge is 2.10. The van der Waals surface area contributed by atoms with Crippen LogP contribution >= 0.6 is 0 Å². The van der Waals surface area contributed by atoms with Gasteiger partial charge in [-0.3, -0.25) is 0 Å². The van der Waals surface area contributed by atoms with Crippen molar-refractivity contribution in [2.45, 2.75) is 13.3 Å². The van der Waals surface area contributed by atoms with Crippen LogP contribution in [-0.2, 0) is 9.47 Å². The number of carbonyl (C=O) groups is 2. The Bertz CT molecular complexity index is 459. The van der Waals surface area contributed by atoms with Gasteiger partial charge in [0.25, 0.3) is 0 Å². The van der Waals surface area contributed by atoms with Gasteiger partial charge in [-0.1, -0.05) is 6.92 Å².